The number of para-hydroxylation sites is 1. The smallest absolute Gasteiger partial charge is 0.134 e. The fraction of sp³-hybridized carbons (Fsp3) is 0.185. The van der Waals surface area contributed by atoms with Gasteiger partial charge in [0, 0.05) is 29.1 Å². The van der Waals surface area contributed by atoms with Crippen LogP contribution in [0.5, 0.6) is 5.75 Å². The Hall–Kier alpha value is -3.35. The lowest BCUT2D eigenvalue weighted by Crippen LogP contribution is -2.14. The van der Waals surface area contributed by atoms with E-state index in [-0.39, 0.29) is 0 Å². The summed E-state index contributed by atoms with van der Waals surface area (Å²) in [5.41, 5.74) is 5.12. The van der Waals surface area contributed by atoms with Gasteiger partial charge in [-0.15, -0.1) is 0 Å². The van der Waals surface area contributed by atoms with Crippen LogP contribution in [0.15, 0.2) is 91.3 Å². The maximum atomic E-state index is 6.11. The maximum absolute atomic E-state index is 6.11. The Bertz CT molecular complexity index is 1150. The normalized spacial score (nSPS) is 10.9. The van der Waals surface area contributed by atoms with Crippen LogP contribution in [-0.2, 0) is 12.4 Å². The standard InChI is InChI=1S/C27H28N4OS/c1-20(2)31-33-18-22-12-14-23(15-13-22)30-27-16-25(28-19-29-27)24-10-6-7-11-26(24)32-17-21-8-4-3-5-9-21/h3-16,19-20,31H,17-18H2,1-2H3,(H,28,29,30). The Labute approximate surface area is 199 Å². The Morgan fingerprint density at radius 1 is 0.848 bits per heavy atom. The molecule has 0 saturated heterocycles. The molecule has 168 valence electrons. The van der Waals surface area contributed by atoms with Crippen LogP contribution in [0.4, 0.5) is 11.5 Å². The number of benzene rings is 3. The van der Waals surface area contributed by atoms with Crippen molar-refractivity contribution >= 4 is 23.5 Å². The third-order valence-corrected chi connectivity index (χ3v) is 5.97. The van der Waals surface area contributed by atoms with Crippen molar-refractivity contribution in [1.29, 1.82) is 0 Å². The van der Waals surface area contributed by atoms with E-state index in [1.54, 1.807) is 18.3 Å². The van der Waals surface area contributed by atoms with E-state index < -0.39 is 0 Å². The minimum absolute atomic E-state index is 0.469. The second-order valence-corrected chi connectivity index (χ2v) is 8.76. The second-order valence-electron chi connectivity index (χ2n) is 7.94. The molecule has 1 aromatic heterocycles. The number of rotatable bonds is 10. The number of ether oxygens (including phenoxy) is 1. The monoisotopic (exact) mass is 456 g/mol. The van der Waals surface area contributed by atoms with Crippen LogP contribution in [0.3, 0.4) is 0 Å². The van der Waals surface area contributed by atoms with Crippen molar-refractivity contribution in [2.24, 2.45) is 0 Å². The van der Waals surface area contributed by atoms with Gasteiger partial charge in [0.1, 0.15) is 24.5 Å². The molecule has 0 fully saturated rings. The Morgan fingerprint density at radius 3 is 2.39 bits per heavy atom. The average molecular weight is 457 g/mol. The molecule has 0 aliphatic rings. The number of nitrogens with zero attached hydrogens (tertiary/aromatic N) is 2. The predicted octanol–water partition coefficient (Wildman–Crippen LogP) is 6.61. The van der Waals surface area contributed by atoms with E-state index in [4.69, 9.17) is 4.74 Å². The van der Waals surface area contributed by atoms with E-state index in [2.05, 4.69) is 70.3 Å². The van der Waals surface area contributed by atoms with Crippen LogP contribution in [0.1, 0.15) is 25.0 Å². The molecule has 5 nitrogen and oxygen atoms in total. The molecule has 0 aliphatic carbocycles. The van der Waals surface area contributed by atoms with Gasteiger partial charge >= 0.3 is 0 Å². The summed E-state index contributed by atoms with van der Waals surface area (Å²) in [6, 6.07) is 28.9. The fourth-order valence-electron chi connectivity index (χ4n) is 3.24. The van der Waals surface area contributed by atoms with Crippen molar-refractivity contribution in [2.45, 2.75) is 32.2 Å². The van der Waals surface area contributed by atoms with Crippen LogP contribution < -0.4 is 14.8 Å². The van der Waals surface area contributed by atoms with Crippen molar-refractivity contribution in [1.82, 2.24) is 14.7 Å². The van der Waals surface area contributed by atoms with Crippen LogP contribution in [0.25, 0.3) is 11.3 Å². The van der Waals surface area contributed by atoms with Gasteiger partial charge in [0.2, 0.25) is 0 Å². The summed E-state index contributed by atoms with van der Waals surface area (Å²) in [5, 5.41) is 3.38. The second kappa shape index (κ2) is 11.5. The summed E-state index contributed by atoms with van der Waals surface area (Å²) in [7, 11) is 0. The maximum Gasteiger partial charge on any atom is 0.134 e. The third-order valence-electron chi connectivity index (χ3n) is 4.85. The summed E-state index contributed by atoms with van der Waals surface area (Å²) in [6.07, 6.45) is 1.58. The topological polar surface area (TPSA) is 59.1 Å². The lowest BCUT2D eigenvalue weighted by Gasteiger charge is -2.12. The molecule has 6 heteroatoms. The lowest BCUT2D eigenvalue weighted by molar-refractivity contribution is 0.307. The Kier molecular flexibility index (Phi) is 7.95. The highest BCUT2D eigenvalue weighted by Crippen LogP contribution is 2.30. The van der Waals surface area contributed by atoms with Gasteiger partial charge in [0.15, 0.2) is 0 Å². The highest BCUT2D eigenvalue weighted by atomic mass is 32.2. The van der Waals surface area contributed by atoms with Gasteiger partial charge in [0.05, 0.1) is 5.69 Å². The van der Waals surface area contributed by atoms with E-state index in [0.29, 0.717) is 12.6 Å². The van der Waals surface area contributed by atoms with Gasteiger partial charge in [-0.1, -0.05) is 66.5 Å². The summed E-state index contributed by atoms with van der Waals surface area (Å²) < 4.78 is 9.47. The summed E-state index contributed by atoms with van der Waals surface area (Å²) in [6.45, 7) is 4.79. The minimum atomic E-state index is 0.469. The van der Waals surface area contributed by atoms with Crippen molar-refractivity contribution in [3.63, 3.8) is 0 Å². The molecule has 1 heterocycles. The molecule has 4 aromatic rings. The summed E-state index contributed by atoms with van der Waals surface area (Å²) >= 11 is 1.72. The van der Waals surface area contributed by atoms with E-state index in [9.17, 15) is 0 Å². The van der Waals surface area contributed by atoms with E-state index in [0.717, 1.165) is 39.8 Å². The van der Waals surface area contributed by atoms with Gasteiger partial charge in [-0.2, -0.15) is 0 Å². The van der Waals surface area contributed by atoms with E-state index >= 15 is 0 Å². The molecule has 0 aliphatic heterocycles. The molecule has 0 saturated carbocycles. The van der Waals surface area contributed by atoms with Crippen LogP contribution in [0.2, 0.25) is 0 Å². The first-order valence-electron chi connectivity index (χ1n) is 11.0. The molecule has 0 bridgehead atoms. The molecular formula is C27H28N4OS. The van der Waals surface area contributed by atoms with Gasteiger partial charge in [0.25, 0.3) is 0 Å². The zero-order valence-corrected chi connectivity index (χ0v) is 19.7. The zero-order chi connectivity index (χ0) is 22.9. The van der Waals surface area contributed by atoms with Crippen molar-refractivity contribution < 1.29 is 4.74 Å². The highest BCUT2D eigenvalue weighted by Gasteiger charge is 2.09. The van der Waals surface area contributed by atoms with Crippen LogP contribution in [-0.4, -0.2) is 16.0 Å². The quantitative estimate of drug-likeness (QED) is 0.262. The zero-order valence-electron chi connectivity index (χ0n) is 18.9. The minimum Gasteiger partial charge on any atom is -0.488 e. The molecule has 0 amide bonds. The van der Waals surface area contributed by atoms with Gasteiger partial charge in [-0.25, -0.2) is 9.97 Å². The molecule has 0 atom stereocenters. The third kappa shape index (κ3) is 6.81. The summed E-state index contributed by atoms with van der Waals surface area (Å²) in [4.78, 5) is 8.89. The molecular weight excluding hydrogens is 428 g/mol. The molecule has 0 radical (unpaired) electrons. The number of hydrogen-bond acceptors (Lipinski definition) is 6. The van der Waals surface area contributed by atoms with Crippen molar-refractivity contribution in [3.05, 3.63) is 102 Å². The molecule has 3 aromatic carbocycles. The Morgan fingerprint density at radius 2 is 1.61 bits per heavy atom. The largest absolute Gasteiger partial charge is 0.488 e. The van der Waals surface area contributed by atoms with Gasteiger partial charge in [-0.3, -0.25) is 4.72 Å². The lowest BCUT2D eigenvalue weighted by atomic mass is 10.1. The number of hydrogen-bond donors (Lipinski definition) is 2. The molecule has 0 spiro atoms. The van der Waals surface area contributed by atoms with E-state index in [1.165, 1.54) is 5.56 Å². The van der Waals surface area contributed by atoms with E-state index in [1.807, 2.05) is 48.5 Å². The molecule has 0 unspecified atom stereocenters. The molecule has 2 N–H and O–H groups in total. The first kappa shape index (κ1) is 22.8. The number of aromatic nitrogens is 2. The number of anilines is 2. The SMILES string of the molecule is CC(C)NSCc1ccc(Nc2cc(-c3ccccc3OCc3ccccc3)ncn2)cc1. The summed E-state index contributed by atoms with van der Waals surface area (Å²) in [5.74, 6) is 2.46. The fourth-order valence-corrected chi connectivity index (χ4v) is 4.01. The predicted molar refractivity (Wildman–Crippen MR) is 138 cm³/mol. The van der Waals surface area contributed by atoms with Crippen molar-refractivity contribution in [3.8, 4) is 17.0 Å². The van der Waals surface area contributed by atoms with Gasteiger partial charge < -0.3 is 10.1 Å². The first-order chi connectivity index (χ1) is 16.2. The van der Waals surface area contributed by atoms with Gasteiger partial charge in [-0.05, 0) is 49.2 Å². The number of nitrogens with one attached hydrogen (secondary N) is 2. The Balaban J connectivity index is 1.44. The van der Waals surface area contributed by atoms with Crippen LogP contribution >= 0.6 is 11.9 Å². The molecule has 4 rings (SSSR count). The van der Waals surface area contributed by atoms with Crippen molar-refractivity contribution in [2.75, 3.05) is 5.32 Å². The first-order valence-corrected chi connectivity index (χ1v) is 12.0. The molecule has 33 heavy (non-hydrogen) atoms. The average Bonchev–Trinajstić information content (AvgIpc) is 2.85. The van der Waals surface area contributed by atoms with Crippen LogP contribution in [0, 0.1) is 0 Å². The highest BCUT2D eigenvalue weighted by molar-refractivity contribution is 7.96.